The van der Waals surface area contributed by atoms with E-state index >= 15 is 0 Å². The number of aromatic nitrogens is 3. The van der Waals surface area contributed by atoms with Gasteiger partial charge in [0.05, 0.1) is 6.20 Å². The van der Waals surface area contributed by atoms with Gasteiger partial charge in [0.15, 0.2) is 11.5 Å². The van der Waals surface area contributed by atoms with Crippen LogP contribution >= 0.6 is 0 Å². The average Bonchev–Trinajstić information content (AvgIpc) is 3.38. The SMILES string of the molecule is CCN(Cc1ccc2c(c1)OCO2)C(=O)c1cnn(C)c1-n1cccc1. The zero-order valence-corrected chi connectivity index (χ0v) is 14.8. The van der Waals surface area contributed by atoms with Gasteiger partial charge in [0.25, 0.3) is 5.91 Å². The molecule has 0 unspecified atom stereocenters. The quantitative estimate of drug-likeness (QED) is 0.708. The molecule has 4 rings (SSSR count). The Morgan fingerprint density at radius 1 is 1.23 bits per heavy atom. The van der Waals surface area contributed by atoms with E-state index in [2.05, 4.69) is 5.10 Å². The molecule has 0 radical (unpaired) electrons. The predicted molar refractivity (Wildman–Crippen MR) is 95.5 cm³/mol. The van der Waals surface area contributed by atoms with E-state index in [9.17, 15) is 4.79 Å². The normalized spacial score (nSPS) is 12.4. The average molecular weight is 352 g/mol. The molecule has 7 heteroatoms. The molecule has 1 aliphatic heterocycles. The fourth-order valence-corrected chi connectivity index (χ4v) is 3.12. The van der Waals surface area contributed by atoms with Gasteiger partial charge in [-0.15, -0.1) is 0 Å². The van der Waals surface area contributed by atoms with Crippen LogP contribution in [0.25, 0.3) is 5.82 Å². The van der Waals surface area contributed by atoms with Gasteiger partial charge in [0, 0.05) is 32.5 Å². The van der Waals surface area contributed by atoms with Crippen molar-refractivity contribution in [2.75, 3.05) is 13.3 Å². The maximum atomic E-state index is 13.1. The Kier molecular flexibility index (Phi) is 4.12. The maximum Gasteiger partial charge on any atom is 0.259 e. The van der Waals surface area contributed by atoms with Crippen LogP contribution < -0.4 is 9.47 Å². The number of benzene rings is 1. The summed E-state index contributed by atoms with van der Waals surface area (Å²) in [5.74, 6) is 2.16. The first-order valence-corrected chi connectivity index (χ1v) is 8.50. The van der Waals surface area contributed by atoms with Gasteiger partial charge < -0.3 is 18.9 Å². The molecule has 0 fully saturated rings. The summed E-state index contributed by atoms with van der Waals surface area (Å²) in [6.45, 7) is 3.29. The number of rotatable bonds is 5. The van der Waals surface area contributed by atoms with Gasteiger partial charge >= 0.3 is 0 Å². The topological polar surface area (TPSA) is 61.5 Å². The molecule has 0 spiro atoms. The summed E-state index contributed by atoms with van der Waals surface area (Å²) in [5.41, 5.74) is 1.57. The molecule has 1 aromatic carbocycles. The molecule has 3 aromatic rings. The zero-order valence-electron chi connectivity index (χ0n) is 14.8. The summed E-state index contributed by atoms with van der Waals surface area (Å²) < 4.78 is 14.4. The van der Waals surface area contributed by atoms with Crippen molar-refractivity contribution in [3.8, 4) is 17.3 Å². The molecule has 26 heavy (non-hydrogen) atoms. The summed E-state index contributed by atoms with van der Waals surface area (Å²) >= 11 is 0. The molecule has 7 nitrogen and oxygen atoms in total. The van der Waals surface area contributed by atoms with Crippen LogP contribution in [0.4, 0.5) is 0 Å². The molecule has 1 aliphatic rings. The van der Waals surface area contributed by atoms with E-state index < -0.39 is 0 Å². The summed E-state index contributed by atoms with van der Waals surface area (Å²) in [6.07, 6.45) is 5.43. The molecular formula is C19H20N4O3. The van der Waals surface area contributed by atoms with E-state index in [1.54, 1.807) is 15.8 Å². The number of aryl methyl sites for hydroxylation is 1. The smallest absolute Gasteiger partial charge is 0.259 e. The fraction of sp³-hybridized carbons (Fsp3) is 0.263. The molecule has 0 bridgehead atoms. The van der Waals surface area contributed by atoms with Crippen molar-refractivity contribution in [2.45, 2.75) is 13.5 Å². The largest absolute Gasteiger partial charge is 0.454 e. The predicted octanol–water partition coefficient (Wildman–Crippen LogP) is 2.60. The van der Waals surface area contributed by atoms with Crippen molar-refractivity contribution in [3.63, 3.8) is 0 Å². The van der Waals surface area contributed by atoms with Gasteiger partial charge in [0.2, 0.25) is 6.79 Å². The molecule has 0 saturated heterocycles. The summed E-state index contributed by atoms with van der Waals surface area (Å²) in [6, 6.07) is 9.61. The second-order valence-corrected chi connectivity index (χ2v) is 6.10. The molecule has 0 saturated carbocycles. The van der Waals surface area contributed by atoms with Crippen LogP contribution in [0.3, 0.4) is 0 Å². The van der Waals surface area contributed by atoms with Crippen LogP contribution in [0.15, 0.2) is 48.9 Å². The third-order valence-electron chi connectivity index (χ3n) is 4.47. The second-order valence-electron chi connectivity index (χ2n) is 6.10. The van der Waals surface area contributed by atoms with Gasteiger partial charge in [-0.1, -0.05) is 6.07 Å². The number of carbonyl (C=O) groups excluding carboxylic acids is 1. The zero-order chi connectivity index (χ0) is 18.1. The van der Waals surface area contributed by atoms with Crippen molar-refractivity contribution in [1.29, 1.82) is 0 Å². The lowest BCUT2D eigenvalue weighted by atomic mass is 10.1. The minimum Gasteiger partial charge on any atom is -0.454 e. The first-order chi connectivity index (χ1) is 12.7. The first-order valence-electron chi connectivity index (χ1n) is 8.50. The number of hydrogen-bond donors (Lipinski definition) is 0. The van der Waals surface area contributed by atoms with Crippen LogP contribution in [-0.4, -0.2) is 38.5 Å². The van der Waals surface area contributed by atoms with Crippen LogP contribution in [0.2, 0.25) is 0 Å². The Labute approximate surface area is 151 Å². The van der Waals surface area contributed by atoms with Gasteiger partial charge in [-0.2, -0.15) is 5.10 Å². The highest BCUT2D eigenvalue weighted by molar-refractivity contribution is 5.97. The van der Waals surface area contributed by atoms with Gasteiger partial charge in [-0.05, 0) is 36.8 Å². The Balaban J connectivity index is 1.61. The molecule has 0 aliphatic carbocycles. The minimum absolute atomic E-state index is 0.0537. The van der Waals surface area contributed by atoms with Crippen LogP contribution in [-0.2, 0) is 13.6 Å². The third-order valence-corrected chi connectivity index (χ3v) is 4.47. The standard InChI is InChI=1S/C19H20N4O3/c1-3-22(12-14-6-7-16-17(10-14)26-13-25-16)19(24)15-11-20-21(2)18(15)23-8-4-5-9-23/h4-11H,3,12-13H2,1-2H3. The maximum absolute atomic E-state index is 13.1. The van der Waals surface area contributed by atoms with Crippen molar-refractivity contribution in [2.24, 2.45) is 7.05 Å². The second kappa shape index (κ2) is 6.59. The van der Waals surface area contributed by atoms with E-state index in [1.807, 2.05) is 61.3 Å². The number of ether oxygens (including phenoxy) is 2. The number of amides is 1. The molecular weight excluding hydrogens is 332 g/mol. The van der Waals surface area contributed by atoms with E-state index in [1.165, 1.54) is 0 Å². The van der Waals surface area contributed by atoms with Crippen LogP contribution in [0.5, 0.6) is 11.5 Å². The van der Waals surface area contributed by atoms with Gasteiger partial charge in [-0.3, -0.25) is 9.48 Å². The van der Waals surface area contributed by atoms with Gasteiger partial charge in [-0.25, -0.2) is 0 Å². The highest BCUT2D eigenvalue weighted by Gasteiger charge is 2.23. The Morgan fingerprint density at radius 3 is 2.77 bits per heavy atom. The summed E-state index contributed by atoms with van der Waals surface area (Å²) in [4.78, 5) is 14.9. The van der Waals surface area contributed by atoms with Crippen molar-refractivity contribution in [1.82, 2.24) is 19.2 Å². The summed E-state index contributed by atoms with van der Waals surface area (Å²) in [5, 5.41) is 4.28. The number of nitrogens with zero attached hydrogens (tertiary/aromatic N) is 4. The number of fused-ring (bicyclic) bond motifs is 1. The van der Waals surface area contributed by atoms with Crippen LogP contribution in [0, 0.1) is 0 Å². The minimum atomic E-state index is -0.0537. The molecule has 2 aromatic heterocycles. The molecule has 134 valence electrons. The number of hydrogen-bond acceptors (Lipinski definition) is 4. The monoisotopic (exact) mass is 352 g/mol. The molecule has 1 amide bonds. The lowest BCUT2D eigenvalue weighted by Crippen LogP contribution is -2.31. The van der Waals surface area contributed by atoms with Crippen molar-refractivity contribution < 1.29 is 14.3 Å². The number of carbonyl (C=O) groups is 1. The Bertz CT molecular complexity index is 930. The lowest BCUT2D eigenvalue weighted by molar-refractivity contribution is 0.0752. The highest BCUT2D eigenvalue weighted by atomic mass is 16.7. The fourth-order valence-electron chi connectivity index (χ4n) is 3.12. The van der Waals surface area contributed by atoms with E-state index in [0.29, 0.717) is 18.7 Å². The van der Waals surface area contributed by atoms with Crippen LogP contribution in [0.1, 0.15) is 22.8 Å². The van der Waals surface area contributed by atoms with E-state index in [-0.39, 0.29) is 12.7 Å². The highest BCUT2D eigenvalue weighted by Crippen LogP contribution is 2.33. The lowest BCUT2D eigenvalue weighted by Gasteiger charge is -2.21. The summed E-state index contributed by atoms with van der Waals surface area (Å²) in [7, 11) is 1.83. The molecule has 0 atom stereocenters. The molecule has 3 heterocycles. The van der Waals surface area contributed by atoms with Crippen molar-refractivity contribution >= 4 is 5.91 Å². The Hall–Kier alpha value is -3.22. The van der Waals surface area contributed by atoms with E-state index in [0.717, 1.165) is 22.9 Å². The Morgan fingerprint density at radius 2 is 2.00 bits per heavy atom. The van der Waals surface area contributed by atoms with Crippen molar-refractivity contribution in [3.05, 3.63) is 60.0 Å². The molecule has 0 N–H and O–H groups in total. The van der Waals surface area contributed by atoms with E-state index in [4.69, 9.17) is 9.47 Å². The van der Waals surface area contributed by atoms with Gasteiger partial charge in [0.1, 0.15) is 11.4 Å². The first kappa shape index (κ1) is 16.3. The third kappa shape index (κ3) is 2.81.